The minimum atomic E-state index is -0.841. The molecular formula is C29H32N6O2. The zero-order valence-corrected chi connectivity index (χ0v) is 20.6. The first-order valence-corrected chi connectivity index (χ1v) is 12.5. The molecule has 2 atom stereocenters. The van der Waals surface area contributed by atoms with Crippen LogP contribution in [0.25, 0.3) is 0 Å². The summed E-state index contributed by atoms with van der Waals surface area (Å²) in [7, 11) is 0. The van der Waals surface area contributed by atoms with Gasteiger partial charge in [-0.1, -0.05) is 60.7 Å². The van der Waals surface area contributed by atoms with Gasteiger partial charge in [0, 0.05) is 56.4 Å². The lowest BCUT2D eigenvalue weighted by atomic mass is 9.94. The standard InChI is InChI=1S/C29H32N6O2/c30-24-16-23(17-31-18-24)29(37)34-14-15-35(25(20-34)19-33-28(36)26-12-7-13-32-26)27(21-8-3-1-4-9-21)22-10-5-2-6-11-22/h1-13,16-18,25,27,29,32,37H,14-15,19-20,30H2,(H,33,36). The van der Waals surface area contributed by atoms with Crippen molar-refractivity contribution in [3.63, 3.8) is 0 Å². The van der Waals surface area contributed by atoms with Crippen LogP contribution in [0.3, 0.4) is 0 Å². The number of H-pyrrole nitrogens is 1. The molecular weight excluding hydrogens is 464 g/mol. The fourth-order valence-electron chi connectivity index (χ4n) is 5.09. The third-order valence-electron chi connectivity index (χ3n) is 6.89. The van der Waals surface area contributed by atoms with Crippen LogP contribution in [0.4, 0.5) is 5.69 Å². The van der Waals surface area contributed by atoms with Crippen molar-refractivity contribution in [3.8, 4) is 0 Å². The molecule has 0 spiro atoms. The van der Waals surface area contributed by atoms with Crippen molar-refractivity contribution in [3.05, 3.63) is 120 Å². The number of hydrogen-bond acceptors (Lipinski definition) is 6. The minimum absolute atomic E-state index is 0.00289. The molecule has 1 amide bonds. The van der Waals surface area contributed by atoms with E-state index in [0.717, 1.165) is 0 Å². The van der Waals surface area contributed by atoms with Gasteiger partial charge in [-0.2, -0.15) is 0 Å². The van der Waals surface area contributed by atoms with Crippen LogP contribution in [0.5, 0.6) is 0 Å². The van der Waals surface area contributed by atoms with E-state index in [0.29, 0.717) is 43.1 Å². The first kappa shape index (κ1) is 24.7. The number of aromatic amines is 1. The number of benzene rings is 2. The lowest BCUT2D eigenvalue weighted by molar-refractivity contribution is -0.0533. The molecule has 8 nitrogen and oxygen atoms in total. The number of piperazine rings is 1. The maximum atomic E-state index is 12.8. The van der Waals surface area contributed by atoms with Crippen LogP contribution in [0, 0.1) is 0 Å². The van der Waals surface area contributed by atoms with Crippen LogP contribution in [0.2, 0.25) is 0 Å². The molecule has 0 bridgehead atoms. The van der Waals surface area contributed by atoms with Crippen molar-refractivity contribution in [2.24, 2.45) is 0 Å². The van der Waals surface area contributed by atoms with Crippen LogP contribution in [0.15, 0.2) is 97.5 Å². The number of nitrogens with two attached hydrogens (primary N) is 1. The van der Waals surface area contributed by atoms with Gasteiger partial charge in [-0.3, -0.25) is 19.6 Å². The lowest BCUT2D eigenvalue weighted by Gasteiger charge is -2.46. The number of aliphatic hydroxyl groups excluding tert-OH is 1. The van der Waals surface area contributed by atoms with Gasteiger partial charge >= 0.3 is 0 Å². The van der Waals surface area contributed by atoms with Gasteiger partial charge in [-0.05, 0) is 29.3 Å². The Hall–Kier alpha value is -3.98. The van der Waals surface area contributed by atoms with Crippen molar-refractivity contribution in [1.82, 2.24) is 25.1 Å². The summed E-state index contributed by atoms with van der Waals surface area (Å²) < 4.78 is 0. The second-order valence-electron chi connectivity index (χ2n) is 9.33. The molecule has 5 N–H and O–H groups in total. The molecule has 2 aromatic heterocycles. The normalized spacial score (nSPS) is 17.5. The van der Waals surface area contributed by atoms with Gasteiger partial charge in [0.25, 0.3) is 5.91 Å². The van der Waals surface area contributed by atoms with Gasteiger partial charge in [-0.15, -0.1) is 0 Å². The third-order valence-corrected chi connectivity index (χ3v) is 6.89. The number of hydrogen-bond donors (Lipinski definition) is 4. The Morgan fingerprint density at radius 2 is 1.70 bits per heavy atom. The largest absolute Gasteiger partial charge is 0.397 e. The summed E-state index contributed by atoms with van der Waals surface area (Å²) in [5.41, 5.74) is 9.98. The summed E-state index contributed by atoms with van der Waals surface area (Å²) in [6.07, 6.45) is 4.11. The van der Waals surface area contributed by atoms with Crippen LogP contribution in [-0.2, 0) is 0 Å². The molecule has 1 aliphatic heterocycles. The molecule has 1 aliphatic rings. The molecule has 1 saturated heterocycles. The molecule has 0 saturated carbocycles. The Labute approximate surface area is 216 Å². The topological polar surface area (TPSA) is 111 Å². The molecule has 0 radical (unpaired) electrons. The molecule has 8 heteroatoms. The number of rotatable bonds is 8. The van der Waals surface area contributed by atoms with Crippen molar-refractivity contribution >= 4 is 11.6 Å². The van der Waals surface area contributed by atoms with Gasteiger partial charge < -0.3 is 21.1 Å². The quantitative estimate of drug-likeness (QED) is 0.298. The van der Waals surface area contributed by atoms with Crippen molar-refractivity contribution in [1.29, 1.82) is 0 Å². The van der Waals surface area contributed by atoms with E-state index in [2.05, 4.69) is 68.7 Å². The molecule has 190 valence electrons. The Morgan fingerprint density at radius 3 is 2.32 bits per heavy atom. The van der Waals surface area contributed by atoms with Crippen molar-refractivity contribution in [2.75, 3.05) is 31.9 Å². The Kier molecular flexibility index (Phi) is 7.60. The van der Waals surface area contributed by atoms with E-state index >= 15 is 0 Å². The van der Waals surface area contributed by atoms with Gasteiger partial charge in [-0.25, -0.2) is 0 Å². The third kappa shape index (κ3) is 5.72. The molecule has 4 aromatic rings. The molecule has 5 rings (SSSR count). The zero-order valence-electron chi connectivity index (χ0n) is 20.6. The van der Waals surface area contributed by atoms with Crippen LogP contribution in [-0.4, -0.2) is 63.0 Å². The summed E-state index contributed by atoms with van der Waals surface area (Å²) in [6.45, 7) is 2.32. The number of anilines is 1. The number of aliphatic hydroxyl groups is 1. The number of carbonyl (C=O) groups is 1. The van der Waals surface area contributed by atoms with E-state index in [9.17, 15) is 9.90 Å². The summed E-state index contributed by atoms with van der Waals surface area (Å²) in [4.78, 5) is 24.4. The van der Waals surface area contributed by atoms with E-state index in [4.69, 9.17) is 5.73 Å². The number of amides is 1. The highest BCUT2D eigenvalue weighted by molar-refractivity contribution is 5.92. The maximum absolute atomic E-state index is 12.8. The highest BCUT2D eigenvalue weighted by atomic mass is 16.3. The number of nitrogens with zero attached hydrogens (tertiary/aromatic N) is 3. The second-order valence-corrected chi connectivity index (χ2v) is 9.33. The number of carbonyl (C=O) groups excluding carboxylic acids is 1. The first-order valence-electron chi connectivity index (χ1n) is 12.5. The van der Waals surface area contributed by atoms with Gasteiger partial charge in [0.2, 0.25) is 0 Å². The van der Waals surface area contributed by atoms with Gasteiger partial charge in [0.15, 0.2) is 0 Å². The fourth-order valence-corrected chi connectivity index (χ4v) is 5.09. The SMILES string of the molecule is Nc1cncc(C(O)N2CCN(C(c3ccccc3)c3ccccc3)C(CNC(=O)c3ccc[nH]3)C2)c1. The van der Waals surface area contributed by atoms with Gasteiger partial charge in [0.05, 0.1) is 11.7 Å². The highest BCUT2D eigenvalue weighted by Gasteiger charge is 2.36. The average molecular weight is 497 g/mol. The van der Waals surface area contributed by atoms with E-state index < -0.39 is 6.23 Å². The summed E-state index contributed by atoms with van der Waals surface area (Å²) >= 11 is 0. The monoisotopic (exact) mass is 496 g/mol. The predicted molar refractivity (Wildman–Crippen MR) is 144 cm³/mol. The predicted octanol–water partition coefficient (Wildman–Crippen LogP) is 3.19. The Morgan fingerprint density at radius 1 is 1.00 bits per heavy atom. The molecule has 2 unspecified atom stereocenters. The summed E-state index contributed by atoms with van der Waals surface area (Å²) in [5, 5.41) is 14.3. The van der Waals surface area contributed by atoms with E-state index in [1.54, 1.807) is 36.8 Å². The van der Waals surface area contributed by atoms with Crippen molar-refractivity contribution in [2.45, 2.75) is 18.3 Å². The molecule has 37 heavy (non-hydrogen) atoms. The lowest BCUT2D eigenvalue weighted by Crippen LogP contribution is -2.58. The summed E-state index contributed by atoms with van der Waals surface area (Å²) in [6, 6.07) is 26.1. The zero-order chi connectivity index (χ0) is 25.6. The van der Waals surface area contributed by atoms with Crippen LogP contribution < -0.4 is 11.1 Å². The van der Waals surface area contributed by atoms with Crippen molar-refractivity contribution < 1.29 is 9.90 Å². The number of nitrogens with one attached hydrogen (secondary N) is 2. The van der Waals surface area contributed by atoms with E-state index in [1.807, 2.05) is 17.0 Å². The second kappa shape index (κ2) is 11.4. The maximum Gasteiger partial charge on any atom is 0.267 e. The van der Waals surface area contributed by atoms with Crippen LogP contribution in [0.1, 0.15) is 39.4 Å². The molecule has 0 aliphatic carbocycles. The van der Waals surface area contributed by atoms with Gasteiger partial charge in [0.1, 0.15) is 11.9 Å². The molecule has 3 heterocycles. The van der Waals surface area contributed by atoms with E-state index in [-0.39, 0.29) is 18.0 Å². The first-order chi connectivity index (χ1) is 18.1. The Balaban J connectivity index is 1.44. The Bertz CT molecular complexity index is 1240. The average Bonchev–Trinajstić information content (AvgIpc) is 3.49. The molecule has 2 aromatic carbocycles. The fraction of sp³-hybridized carbons (Fsp3) is 0.241. The number of nitrogen functional groups attached to an aromatic ring is 1. The minimum Gasteiger partial charge on any atom is -0.397 e. The molecule has 1 fully saturated rings. The van der Waals surface area contributed by atoms with Crippen LogP contribution >= 0.6 is 0 Å². The number of aromatic nitrogens is 2. The van der Waals surface area contributed by atoms with E-state index in [1.165, 1.54) is 11.1 Å². The summed E-state index contributed by atoms with van der Waals surface area (Å²) in [5.74, 6) is -0.154. The smallest absolute Gasteiger partial charge is 0.267 e. The highest BCUT2D eigenvalue weighted by Crippen LogP contribution is 2.33. The number of pyridine rings is 1.